The van der Waals surface area contributed by atoms with Gasteiger partial charge < -0.3 is 15.0 Å². The third-order valence-corrected chi connectivity index (χ3v) is 6.94. The summed E-state index contributed by atoms with van der Waals surface area (Å²) >= 11 is 0. The van der Waals surface area contributed by atoms with Crippen LogP contribution >= 0.6 is 0 Å². The summed E-state index contributed by atoms with van der Waals surface area (Å²) in [5.74, 6) is 0.748. The summed E-state index contributed by atoms with van der Waals surface area (Å²) in [6, 6.07) is 14.3. The van der Waals surface area contributed by atoms with Gasteiger partial charge in [0.1, 0.15) is 11.6 Å². The molecule has 2 aromatic carbocycles. The van der Waals surface area contributed by atoms with Crippen molar-refractivity contribution in [2.24, 2.45) is 17.8 Å². The van der Waals surface area contributed by atoms with Crippen LogP contribution in [0.15, 0.2) is 54.7 Å². The number of carbonyl (C=O) groups is 1. The van der Waals surface area contributed by atoms with Crippen molar-refractivity contribution in [1.29, 1.82) is 0 Å². The first-order valence-electron chi connectivity index (χ1n) is 11.5. The summed E-state index contributed by atoms with van der Waals surface area (Å²) in [7, 11) is 0. The SMILES string of the molecule is Cc1cc2ccc(NC(=O)C(C)C3CC(Oc4ccnc5ccc(F)cc45)CC3C)cc2[nH]1. The molecule has 1 saturated carbocycles. The Morgan fingerprint density at radius 3 is 2.88 bits per heavy atom. The number of ether oxygens (including phenoxy) is 1. The first kappa shape index (κ1) is 21.4. The molecule has 2 heterocycles. The molecule has 2 aromatic heterocycles. The molecule has 0 saturated heterocycles. The molecular formula is C27H28FN3O2. The lowest BCUT2D eigenvalue weighted by molar-refractivity contribution is -0.121. The summed E-state index contributed by atoms with van der Waals surface area (Å²) in [5, 5.41) is 4.89. The number of aromatic amines is 1. The van der Waals surface area contributed by atoms with Crippen molar-refractivity contribution in [2.75, 3.05) is 5.32 Å². The molecule has 0 aliphatic heterocycles. The molecule has 33 heavy (non-hydrogen) atoms. The molecule has 1 fully saturated rings. The standard InChI is InChI=1S/C27H28FN3O2/c1-15-10-21(33-26-8-9-29-24-7-5-19(28)12-23(24)26)14-22(15)17(3)27(32)31-20-6-4-18-11-16(2)30-25(18)13-20/h4-9,11-13,15,17,21-22,30H,10,14H2,1-3H3,(H,31,32). The van der Waals surface area contributed by atoms with Crippen molar-refractivity contribution in [3.63, 3.8) is 0 Å². The van der Waals surface area contributed by atoms with Gasteiger partial charge in [-0.25, -0.2) is 4.39 Å². The lowest BCUT2D eigenvalue weighted by atomic mass is 9.85. The van der Waals surface area contributed by atoms with Crippen LogP contribution in [-0.2, 0) is 4.79 Å². The number of halogens is 1. The van der Waals surface area contributed by atoms with Crippen molar-refractivity contribution in [3.8, 4) is 5.75 Å². The predicted octanol–water partition coefficient (Wildman–Crippen LogP) is 6.23. The van der Waals surface area contributed by atoms with Crippen molar-refractivity contribution in [2.45, 2.75) is 39.7 Å². The molecule has 6 heteroatoms. The Labute approximate surface area is 192 Å². The highest BCUT2D eigenvalue weighted by molar-refractivity contribution is 5.95. The summed E-state index contributed by atoms with van der Waals surface area (Å²) in [6.07, 6.45) is 3.30. The minimum absolute atomic E-state index is 0.0200. The van der Waals surface area contributed by atoms with Gasteiger partial charge in [0, 0.05) is 34.4 Å². The zero-order valence-electron chi connectivity index (χ0n) is 19.1. The highest BCUT2D eigenvalue weighted by Gasteiger charge is 2.38. The van der Waals surface area contributed by atoms with Gasteiger partial charge in [0.15, 0.2) is 0 Å². The normalized spacial score (nSPS) is 21.4. The van der Waals surface area contributed by atoms with Gasteiger partial charge in [0.25, 0.3) is 0 Å². The van der Waals surface area contributed by atoms with Gasteiger partial charge in [-0.15, -0.1) is 0 Å². The number of anilines is 1. The number of carbonyl (C=O) groups excluding carboxylic acids is 1. The Bertz CT molecular complexity index is 1330. The van der Waals surface area contributed by atoms with E-state index in [9.17, 15) is 9.18 Å². The van der Waals surface area contributed by atoms with Crippen LogP contribution in [0.25, 0.3) is 21.8 Å². The molecular weight excluding hydrogens is 417 g/mol. The van der Waals surface area contributed by atoms with E-state index in [0.29, 0.717) is 22.6 Å². The number of amides is 1. The van der Waals surface area contributed by atoms with Crippen LogP contribution in [0, 0.1) is 30.5 Å². The number of aryl methyl sites for hydroxylation is 1. The Morgan fingerprint density at radius 1 is 1.18 bits per heavy atom. The van der Waals surface area contributed by atoms with E-state index in [1.54, 1.807) is 18.3 Å². The Morgan fingerprint density at radius 2 is 2.03 bits per heavy atom. The summed E-state index contributed by atoms with van der Waals surface area (Å²) in [4.78, 5) is 20.7. The third-order valence-electron chi connectivity index (χ3n) is 6.94. The molecule has 170 valence electrons. The average Bonchev–Trinajstić information content (AvgIpc) is 3.34. The zero-order valence-corrected chi connectivity index (χ0v) is 19.1. The number of benzene rings is 2. The first-order chi connectivity index (χ1) is 15.9. The molecule has 4 atom stereocenters. The number of aromatic nitrogens is 2. The minimum Gasteiger partial charge on any atom is -0.490 e. The maximum atomic E-state index is 13.8. The van der Waals surface area contributed by atoms with Gasteiger partial charge in [-0.2, -0.15) is 0 Å². The largest absolute Gasteiger partial charge is 0.490 e. The van der Waals surface area contributed by atoms with E-state index < -0.39 is 0 Å². The van der Waals surface area contributed by atoms with Gasteiger partial charge >= 0.3 is 0 Å². The van der Waals surface area contributed by atoms with Crippen LogP contribution in [0.4, 0.5) is 10.1 Å². The van der Waals surface area contributed by atoms with Crippen LogP contribution in [0.5, 0.6) is 5.75 Å². The molecule has 5 nitrogen and oxygen atoms in total. The average molecular weight is 446 g/mol. The van der Waals surface area contributed by atoms with E-state index >= 15 is 0 Å². The van der Waals surface area contributed by atoms with Crippen LogP contribution in [-0.4, -0.2) is 22.0 Å². The van der Waals surface area contributed by atoms with Crippen LogP contribution in [0.3, 0.4) is 0 Å². The maximum absolute atomic E-state index is 13.8. The van der Waals surface area contributed by atoms with Crippen LogP contribution in [0.1, 0.15) is 32.4 Å². The van der Waals surface area contributed by atoms with E-state index in [1.807, 2.05) is 32.0 Å². The maximum Gasteiger partial charge on any atom is 0.227 e. The van der Waals surface area contributed by atoms with E-state index in [4.69, 9.17) is 4.74 Å². The minimum atomic E-state index is -0.309. The summed E-state index contributed by atoms with van der Waals surface area (Å²) in [5.41, 5.74) is 3.61. The van der Waals surface area contributed by atoms with Gasteiger partial charge in [0.05, 0.1) is 11.6 Å². The molecule has 0 bridgehead atoms. The number of hydrogen-bond acceptors (Lipinski definition) is 3. The van der Waals surface area contributed by atoms with E-state index in [2.05, 4.69) is 28.3 Å². The Hall–Kier alpha value is -3.41. The smallest absolute Gasteiger partial charge is 0.227 e. The molecule has 1 amide bonds. The Balaban J connectivity index is 1.27. The van der Waals surface area contributed by atoms with E-state index in [1.165, 1.54) is 12.1 Å². The van der Waals surface area contributed by atoms with Crippen molar-refractivity contribution < 1.29 is 13.9 Å². The zero-order chi connectivity index (χ0) is 23.1. The van der Waals surface area contributed by atoms with E-state index in [0.717, 1.165) is 35.1 Å². The number of fused-ring (bicyclic) bond motifs is 2. The number of H-pyrrole nitrogens is 1. The summed E-state index contributed by atoms with van der Waals surface area (Å²) < 4.78 is 20.1. The van der Waals surface area contributed by atoms with Crippen LogP contribution in [0.2, 0.25) is 0 Å². The first-order valence-corrected chi connectivity index (χ1v) is 11.5. The topological polar surface area (TPSA) is 67.0 Å². The number of nitrogens with one attached hydrogen (secondary N) is 2. The molecule has 1 aliphatic carbocycles. The molecule has 4 unspecified atom stereocenters. The number of rotatable bonds is 5. The second kappa shape index (κ2) is 8.50. The van der Waals surface area contributed by atoms with Crippen molar-refractivity contribution in [1.82, 2.24) is 9.97 Å². The highest BCUT2D eigenvalue weighted by atomic mass is 19.1. The fourth-order valence-corrected chi connectivity index (χ4v) is 5.19. The molecule has 0 radical (unpaired) electrons. The number of nitrogens with zero attached hydrogens (tertiary/aromatic N) is 1. The number of pyridine rings is 1. The van der Waals surface area contributed by atoms with Gasteiger partial charge in [-0.1, -0.05) is 19.9 Å². The molecule has 0 spiro atoms. The quantitative estimate of drug-likeness (QED) is 0.383. The lowest BCUT2D eigenvalue weighted by Gasteiger charge is -2.22. The highest BCUT2D eigenvalue weighted by Crippen LogP contribution is 2.40. The number of hydrogen-bond donors (Lipinski definition) is 2. The predicted molar refractivity (Wildman–Crippen MR) is 129 cm³/mol. The molecule has 2 N–H and O–H groups in total. The fraction of sp³-hybridized carbons (Fsp3) is 0.333. The molecule has 5 rings (SSSR count). The second-order valence-corrected chi connectivity index (χ2v) is 9.36. The monoisotopic (exact) mass is 445 g/mol. The van der Waals surface area contributed by atoms with Crippen molar-refractivity contribution in [3.05, 3.63) is 66.2 Å². The fourth-order valence-electron chi connectivity index (χ4n) is 5.19. The van der Waals surface area contributed by atoms with Crippen LogP contribution < -0.4 is 10.1 Å². The molecule has 1 aliphatic rings. The third kappa shape index (κ3) is 4.30. The lowest BCUT2D eigenvalue weighted by Crippen LogP contribution is -2.28. The van der Waals surface area contributed by atoms with Gasteiger partial charge in [-0.3, -0.25) is 9.78 Å². The second-order valence-electron chi connectivity index (χ2n) is 9.36. The Kier molecular flexibility index (Phi) is 5.52. The summed E-state index contributed by atoms with van der Waals surface area (Å²) in [6.45, 7) is 6.19. The van der Waals surface area contributed by atoms with Crippen molar-refractivity contribution >= 4 is 33.4 Å². The van der Waals surface area contributed by atoms with E-state index in [-0.39, 0.29) is 29.7 Å². The van der Waals surface area contributed by atoms with Gasteiger partial charge in [-0.05, 0) is 79.5 Å². The van der Waals surface area contributed by atoms with Gasteiger partial charge in [0.2, 0.25) is 5.91 Å². The molecule has 4 aromatic rings.